The fourth-order valence-corrected chi connectivity index (χ4v) is 5.87. The van der Waals surface area contributed by atoms with Crippen molar-refractivity contribution in [3.63, 3.8) is 0 Å². The van der Waals surface area contributed by atoms with Crippen LogP contribution in [0.3, 0.4) is 0 Å². The van der Waals surface area contributed by atoms with Crippen LogP contribution in [-0.4, -0.2) is 61.9 Å². The lowest BCUT2D eigenvalue weighted by atomic mass is 9.92. The molecule has 5 rings (SSSR count). The van der Waals surface area contributed by atoms with Crippen LogP contribution in [0, 0.1) is 30.6 Å². The van der Waals surface area contributed by atoms with Gasteiger partial charge in [-0.25, -0.2) is 14.6 Å². The van der Waals surface area contributed by atoms with Gasteiger partial charge in [-0.15, -0.1) is 5.10 Å². The maximum atomic E-state index is 12.7. The van der Waals surface area contributed by atoms with Gasteiger partial charge < -0.3 is 23.7 Å². The van der Waals surface area contributed by atoms with Gasteiger partial charge in [-0.2, -0.15) is 4.98 Å². The molecule has 13 heteroatoms. The zero-order chi connectivity index (χ0) is 30.5. The van der Waals surface area contributed by atoms with Gasteiger partial charge in [-0.1, -0.05) is 19.1 Å². The third-order valence-corrected chi connectivity index (χ3v) is 8.09. The molecule has 2 saturated carbocycles. The Morgan fingerprint density at radius 2 is 1.91 bits per heavy atom. The molecule has 2 fully saturated rings. The Labute approximate surface area is 250 Å². The van der Waals surface area contributed by atoms with Crippen molar-refractivity contribution in [1.82, 2.24) is 29.9 Å². The average molecular weight is 595 g/mol. The van der Waals surface area contributed by atoms with E-state index in [0.29, 0.717) is 29.7 Å². The predicted molar refractivity (Wildman–Crippen MR) is 151 cm³/mol. The van der Waals surface area contributed by atoms with E-state index in [1.165, 1.54) is 0 Å². The Hall–Kier alpha value is -4.13. The summed E-state index contributed by atoms with van der Waals surface area (Å²) >= 11 is 0. The molecule has 0 N–H and O–H groups in total. The zero-order valence-corrected chi connectivity index (χ0v) is 25.2. The molecule has 43 heavy (non-hydrogen) atoms. The van der Waals surface area contributed by atoms with Crippen LogP contribution in [0.25, 0.3) is 11.4 Å². The minimum atomic E-state index is -0.385. The van der Waals surface area contributed by atoms with Gasteiger partial charge in [0.05, 0.1) is 41.6 Å². The smallest absolute Gasteiger partial charge is 0.317 e. The quantitative estimate of drug-likeness (QED) is 0.223. The highest BCUT2D eigenvalue weighted by molar-refractivity contribution is 5.74. The van der Waals surface area contributed by atoms with Gasteiger partial charge in [0.25, 0.3) is 0 Å². The van der Waals surface area contributed by atoms with E-state index in [1.807, 2.05) is 19.1 Å². The topological polar surface area (TPSA) is 150 Å². The van der Waals surface area contributed by atoms with E-state index in [1.54, 1.807) is 44.9 Å². The summed E-state index contributed by atoms with van der Waals surface area (Å²) in [6.45, 7) is 5.55. The van der Waals surface area contributed by atoms with Crippen LogP contribution < -0.4 is 9.47 Å². The summed E-state index contributed by atoms with van der Waals surface area (Å²) in [6, 6.07) is 5.77. The lowest BCUT2D eigenvalue weighted by Gasteiger charge is -2.19. The molecular weight excluding hydrogens is 556 g/mol. The molecule has 3 aromatic rings. The van der Waals surface area contributed by atoms with Gasteiger partial charge in [0.15, 0.2) is 0 Å². The average Bonchev–Trinajstić information content (AvgIpc) is 3.67. The Bertz CT molecular complexity index is 1440. The SMILES string of the molecule is COCc1ccnc(OCc2c(-c3ccc(O[C@H]4C[C@@H]5CC[C@H](C(=O)OCOC(=O)C(C)C)[C@@H]5C4)c(C)n3)nnn2C)n1. The summed E-state index contributed by atoms with van der Waals surface area (Å²) in [5.41, 5.74) is 3.41. The highest BCUT2D eigenvalue weighted by Gasteiger charge is 2.47. The van der Waals surface area contributed by atoms with Crippen molar-refractivity contribution in [2.75, 3.05) is 13.9 Å². The molecule has 2 aliphatic carbocycles. The monoisotopic (exact) mass is 594 g/mol. The molecule has 0 saturated heterocycles. The lowest BCUT2D eigenvalue weighted by molar-refractivity contribution is -0.173. The first kappa shape index (κ1) is 30.3. The van der Waals surface area contributed by atoms with Gasteiger partial charge in [0.1, 0.15) is 23.7 Å². The number of esters is 2. The first-order valence-corrected chi connectivity index (χ1v) is 14.5. The van der Waals surface area contributed by atoms with E-state index < -0.39 is 0 Å². The van der Waals surface area contributed by atoms with Crippen LogP contribution >= 0.6 is 0 Å². The van der Waals surface area contributed by atoms with Gasteiger partial charge in [-0.3, -0.25) is 9.59 Å². The Morgan fingerprint density at radius 3 is 2.67 bits per heavy atom. The minimum absolute atomic E-state index is 0.0231. The van der Waals surface area contributed by atoms with Gasteiger partial charge in [0, 0.05) is 20.4 Å². The second kappa shape index (κ2) is 13.4. The standard InChI is InChI=1S/C30H38N6O7/c1-17(2)28(37)41-16-42-29(38)22-7-6-19-12-21(13-23(19)22)43-26-9-8-24(32-18(26)3)27-25(36(4)35-34-27)15-40-30-31-11-10-20(33-30)14-39-5/h8-11,17,19,21-23H,6-7,12-16H2,1-5H3/t19-,21-,22-,23+/m0/s1. The molecule has 4 atom stereocenters. The molecular formula is C30H38N6O7. The summed E-state index contributed by atoms with van der Waals surface area (Å²) in [4.78, 5) is 37.7. The summed E-state index contributed by atoms with van der Waals surface area (Å²) < 4.78 is 29.3. The number of aryl methyl sites for hydroxylation is 2. The van der Waals surface area contributed by atoms with Gasteiger partial charge in [0.2, 0.25) is 6.79 Å². The maximum absolute atomic E-state index is 12.7. The van der Waals surface area contributed by atoms with Crippen molar-refractivity contribution in [3.05, 3.63) is 41.5 Å². The van der Waals surface area contributed by atoms with E-state index in [2.05, 4.69) is 20.3 Å². The van der Waals surface area contributed by atoms with Crippen molar-refractivity contribution in [2.45, 2.75) is 65.8 Å². The fourth-order valence-electron chi connectivity index (χ4n) is 5.87. The molecule has 3 aromatic heterocycles. The van der Waals surface area contributed by atoms with Crippen molar-refractivity contribution in [2.24, 2.45) is 30.7 Å². The normalized spacial score (nSPS) is 21.1. The van der Waals surface area contributed by atoms with E-state index in [9.17, 15) is 9.59 Å². The summed E-state index contributed by atoms with van der Waals surface area (Å²) in [6.07, 6.45) is 4.96. The van der Waals surface area contributed by atoms with E-state index in [-0.39, 0.29) is 55.2 Å². The number of carbonyl (C=O) groups is 2. The number of rotatable bonds is 12. The Balaban J connectivity index is 1.19. The lowest BCUT2D eigenvalue weighted by Crippen LogP contribution is -2.25. The second-order valence-electron chi connectivity index (χ2n) is 11.4. The number of hydrogen-bond donors (Lipinski definition) is 0. The third kappa shape index (κ3) is 7.10. The van der Waals surface area contributed by atoms with Crippen molar-refractivity contribution in [3.8, 4) is 23.1 Å². The summed E-state index contributed by atoms with van der Waals surface area (Å²) in [7, 11) is 3.40. The van der Waals surface area contributed by atoms with Crippen LogP contribution in [0.1, 0.15) is 56.6 Å². The van der Waals surface area contributed by atoms with Crippen LogP contribution in [0.2, 0.25) is 0 Å². The van der Waals surface area contributed by atoms with E-state index in [0.717, 1.165) is 42.8 Å². The van der Waals surface area contributed by atoms with Crippen LogP contribution in [0.4, 0.5) is 0 Å². The number of aromatic nitrogens is 6. The van der Waals surface area contributed by atoms with E-state index in [4.69, 9.17) is 28.7 Å². The molecule has 0 aromatic carbocycles. The largest absolute Gasteiger partial charge is 0.489 e. The second-order valence-corrected chi connectivity index (χ2v) is 11.4. The number of pyridine rings is 1. The predicted octanol–water partition coefficient (Wildman–Crippen LogP) is 3.58. The fraction of sp³-hybridized carbons (Fsp3) is 0.567. The number of hydrogen-bond acceptors (Lipinski definition) is 12. The van der Waals surface area contributed by atoms with E-state index >= 15 is 0 Å². The number of nitrogens with zero attached hydrogens (tertiary/aromatic N) is 6. The molecule has 230 valence electrons. The minimum Gasteiger partial charge on any atom is -0.489 e. The first-order valence-electron chi connectivity index (χ1n) is 14.5. The highest BCUT2D eigenvalue weighted by atomic mass is 16.7. The molecule has 0 unspecified atom stereocenters. The summed E-state index contributed by atoms with van der Waals surface area (Å²) in [5, 5.41) is 8.49. The number of ether oxygens (including phenoxy) is 5. The van der Waals surface area contributed by atoms with Gasteiger partial charge >= 0.3 is 17.9 Å². The van der Waals surface area contributed by atoms with Crippen LogP contribution in [0.15, 0.2) is 24.4 Å². The highest BCUT2D eigenvalue weighted by Crippen LogP contribution is 2.49. The summed E-state index contributed by atoms with van der Waals surface area (Å²) in [5.74, 6) is 0.119. The molecule has 2 aliphatic rings. The Morgan fingerprint density at radius 1 is 1.07 bits per heavy atom. The van der Waals surface area contributed by atoms with Crippen molar-refractivity contribution < 1.29 is 33.3 Å². The number of fused-ring (bicyclic) bond motifs is 1. The number of carbonyl (C=O) groups excluding carboxylic acids is 2. The van der Waals surface area contributed by atoms with Crippen molar-refractivity contribution in [1.29, 1.82) is 0 Å². The molecule has 0 amide bonds. The molecule has 0 aliphatic heterocycles. The van der Waals surface area contributed by atoms with Crippen LogP contribution in [-0.2, 0) is 44.1 Å². The molecule has 0 spiro atoms. The zero-order valence-electron chi connectivity index (χ0n) is 25.2. The first-order chi connectivity index (χ1) is 20.7. The maximum Gasteiger partial charge on any atom is 0.317 e. The molecule has 0 radical (unpaired) electrons. The number of methoxy groups -OCH3 is 1. The van der Waals surface area contributed by atoms with Gasteiger partial charge in [-0.05, 0) is 62.6 Å². The molecule has 3 heterocycles. The Kier molecular flexibility index (Phi) is 9.49. The molecule has 0 bridgehead atoms. The molecule has 13 nitrogen and oxygen atoms in total. The van der Waals surface area contributed by atoms with Crippen LogP contribution in [0.5, 0.6) is 11.8 Å². The third-order valence-electron chi connectivity index (χ3n) is 8.09. The van der Waals surface area contributed by atoms with Crippen molar-refractivity contribution >= 4 is 11.9 Å².